The zero-order valence-corrected chi connectivity index (χ0v) is 12.0. The molecule has 1 heterocycles. The van der Waals surface area contributed by atoms with Gasteiger partial charge in [0.1, 0.15) is 16.3 Å². The van der Waals surface area contributed by atoms with Gasteiger partial charge in [0.25, 0.3) is 0 Å². The molecule has 0 radical (unpaired) electrons. The molecule has 110 valence electrons. The molecule has 0 aliphatic heterocycles. The summed E-state index contributed by atoms with van der Waals surface area (Å²) in [5.41, 5.74) is 6.24. The normalized spacial score (nSPS) is 10.2. The maximum Gasteiger partial charge on any atom is 0.342 e. The Balaban J connectivity index is 2.37. The zero-order valence-electron chi connectivity index (χ0n) is 11.2. The van der Waals surface area contributed by atoms with E-state index in [2.05, 4.69) is 0 Å². The third kappa shape index (κ3) is 3.76. The lowest BCUT2D eigenvalue weighted by molar-refractivity contribution is -0.605. The van der Waals surface area contributed by atoms with Crippen molar-refractivity contribution >= 4 is 23.3 Å². The average molecular weight is 309 g/mol. The smallest absolute Gasteiger partial charge is 0.342 e. The first kappa shape index (κ1) is 14.9. The fourth-order valence-corrected chi connectivity index (χ4v) is 1.89. The Morgan fingerprint density at radius 2 is 2.14 bits per heavy atom. The molecule has 0 aliphatic rings. The topological polar surface area (TPSA) is 88.5 Å². The van der Waals surface area contributed by atoms with Gasteiger partial charge in [-0.2, -0.15) is 4.73 Å². The van der Waals surface area contributed by atoms with Crippen LogP contribution in [0.2, 0.25) is 5.02 Å². The van der Waals surface area contributed by atoms with Crippen LogP contribution in [-0.2, 0) is 4.74 Å². The summed E-state index contributed by atoms with van der Waals surface area (Å²) in [6.07, 6.45) is 2.38. The molecule has 1 aromatic heterocycles. The number of halogens is 1. The molecule has 2 rings (SSSR count). The maximum atomic E-state index is 11.9. The van der Waals surface area contributed by atoms with Gasteiger partial charge in [-0.15, -0.1) is 0 Å². The molecule has 0 unspecified atom stereocenters. The van der Waals surface area contributed by atoms with Crippen molar-refractivity contribution in [3.05, 3.63) is 52.5 Å². The van der Waals surface area contributed by atoms with Gasteiger partial charge in [0, 0.05) is 11.8 Å². The summed E-state index contributed by atoms with van der Waals surface area (Å²) < 4.78 is 11.0. The number of carbonyl (C=O) groups is 1. The molecule has 7 heteroatoms. The molecule has 0 spiro atoms. The summed E-state index contributed by atoms with van der Waals surface area (Å²) in [7, 11) is 0. The molecular formula is C14H13ClN2O4. The fraction of sp³-hybridized carbons (Fsp3) is 0.143. The second-order valence-electron chi connectivity index (χ2n) is 4.13. The minimum Gasteiger partial charge on any atom is -0.619 e. The Morgan fingerprint density at radius 1 is 1.38 bits per heavy atom. The predicted octanol–water partition coefficient (Wildman–Crippen LogP) is 2.52. The van der Waals surface area contributed by atoms with Gasteiger partial charge in [0.2, 0.25) is 6.20 Å². The van der Waals surface area contributed by atoms with E-state index in [-0.39, 0.29) is 28.7 Å². The van der Waals surface area contributed by atoms with Crippen molar-refractivity contribution in [3.63, 3.8) is 0 Å². The molecule has 0 atom stereocenters. The fourth-order valence-electron chi connectivity index (χ4n) is 1.68. The Bertz CT molecular complexity index is 656. The van der Waals surface area contributed by atoms with Gasteiger partial charge >= 0.3 is 5.97 Å². The number of nitrogens with two attached hydrogens (primary N) is 1. The van der Waals surface area contributed by atoms with Gasteiger partial charge in [-0.05, 0) is 25.1 Å². The number of nitrogens with zero attached hydrogens (tertiary/aromatic N) is 1. The first-order valence-electron chi connectivity index (χ1n) is 6.13. The highest BCUT2D eigenvalue weighted by Gasteiger charge is 2.16. The number of aromatic nitrogens is 1. The largest absolute Gasteiger partial charge is 0.619 e. The van der Waals surface area contributed by atoms with E-state index in [1.807, 2.05) is 0 Å². The number of benzene rings is 1. The van der Waals surface area contributed by atoms with Crippen molar-refractivity contribution in [2.45, 2.75) is 6.92 Å². The van der Waals surface area contributed by atoms with Crippen molar-refractivity contribution in [2.24, 2.45) is 0 Å². The number of carbonyl (C=O) groups excluding carboxylic acids is 1. The summed E-state index contributed by atoms with van der Waals surface area (Å²) in [6.45, 7) is 1.92. The van der Waals surface area contributed by atoms with E-state index in [4.69, 9.17) is 26.8 Å². The second kappa shape index (κ2) is 6.32. The van der Waals surface area contributed by atoms with Crippen molar-refractivity contribution in [1.29, 1.82) is 0 Å². The van der Waals surface area contributed by atoms with Crippen LogP contribution < -0.4 is 15.2 Å². The Hall–Kier alpha value is -2.47. The van der Waals surface area contributed by atoms with Gasteiger partial charge in [-0.3, -0.25) is 0 Å². The lowest BCUT2D eigenvalue weighted by atomic mass is 10.2. The van der Waals surface area contributed by atoms with Gasteiger partial charge in [-0.1, -0.05) is 11.6 Å². The van der Waals surface area contributed by atoms with Gasteiger partial charge in [0.05, 0.1) is 6.61 Å². The molecule has 21 heavy (non-hydrogen) atoms. The van der Waals surface area contributed by atoms with Crippen molar-refractivity contribution in [2.75, 3.05) is 12.3 Å². The highest BCUT2D eigenvalue weighted by molar-refractivity contribution is 6.30. The quantitative estimate of drug-likeness (QED) is 0.406. The van der Waals surface area contributed by atoms with E-state index >= 15 is 0 Å². The van der Waals surface area contributed by atoms with E-state index in [1.165, 1.54) is 30.6 Å². The summed E-state index contributed by atoms with van der Waals surface area (Å²) in [5, 5.41) is 11.5. The van der Waals surface area contributed by atoms with Gasteiger partial charge in [-0.25, -0.2) is 4.79 Å². The standard InChI is InChI=1S/C14H13ClN2O4/c1-2-20-14(18)12-6-10(16)3-4-13(12)21-11-5-9(15)7-17(19)8-11/h3-8H,2,16H2,1H3. The predicted molar refractivity (Wildman–Crippen MR) is 77.3 cm³/mol. The molecule has 6 nitrogen and oxygen atoms in total. The first-order valence-corrected chi connectivity index (χ1v) is 6.51. The molecule has 1 aromatic carbocycles. The van der Waals surface area contributed by atoms with E-state index < -0.39 is 5.97 Å². The number of rotatable bonds is 4. The number of esters is 1. The van der Waals surface area contributed by atoms with Crippen LogP contribution in [0.1, 0.15) is 17.3 Å². The third-order valence-corrected chi connectivity index (χ3v) is 2.72. The second-order valence-corrected chi connectivity index (χ2v) is 4.56. The zero-order chi connectivity index (χ0) is 15.4. The maximum absolute atomic E-state index is 11.9. The van der Waals surface area contributed by atoms with E-state index in [0.717, 1.165) is 0 Å². The minimum absolute atomic E-state index is 0.175. The summed E-state index contributed by atoms with van der Waals surface area (Å²) in [6, 6.07) is 6.01. The number of pyridine rings is 1. The lowest BCUT2D eigenvalue weighted by Crippen LogP contribution is -2.24. The summed E-state index contributed by atoms with van der Waals surface area (Å²) >= 11 is 5.78. The average Bonchev–Trinajstić information content (AvgIpc) is 2.40. The van der Waals surface area contributed by atoms with Crippen molar-refractivity contribution < 1.29 is 19.0 Å². The third-order valence-electron chi connectivity index (χ3n) is 2.51. The molecule has 2 N–H and O–H groups in total. The minimum atomic E-state index is -0.558. The number of ether oxygens (including phenoxy) is 2. The molecule has 0 saturated heterocycles. The van der Waals surface area contributed by atoms with Crippen LogP contribution in [0.25, 0.3) is 0 Å². The van der Waals surface area contributed by atoms with Crippen LogP contribution in [0.3, 0.4) is 0 Å². The molecule has 0 saturated carbocycles. The molecule has 0 amide bonds. The van der Waals surface area contributed by atoms with E-state index in [9.17, 15) is 10.0 Å². The van der Waals surface area contributed by atoms with Crippen LogP contribution >= 0.6 is 11.6 Å². The molecular weight excluding hydrogens is 296 g/mol. The Kier molecular flexibility index (Phi) is 4.49. The number of hydrogen-bond acceptors (Lipinski definition) is 5. The van der Waals surface area contributed by atoms with Crippen LogP contribution in [-0.4, -0.2) is 12.6 Å². The molecule has 0 bridgehead atoms. The van der Waals surface area contributed by atoms with E-state index in [0.29, 0.717) is 10.4 Å². The summed E-state index contributed by atoms with van der Waals surface area (Å²) in [4.78, 5) is 11.9. The summed E-state index contributed by atoms with van der Waals surface area (Å²) in [5.74, 6) is -0.130. The molecule has 0 aliphatic carbocycles. The highest BCUT2D eigenvalue weighted by atomic mass is 35.5. The monoisotopic (exact) mass is 308 g/mol. The van der Waals surface area contributed by atoms with Crippen LogP contribution in [0.4, 0.5) is 5.69 Å². The van der Waals surface area contributed by atoms with Crippen LogP contribution in [0, 0.1) is 5.21 Å². The Morgan fingerprint density at radius 3 is 2.81 bits per heavy atom. The number of hydrogen-bond donors (Lipinski definition) is 1. The van der Waals surface area contributed by atoms with Crippen LogP contribution in [0.5, 0.6) is 11.5 Å². The number of anilines is 1. The Labute approximate surface area is 126 Å². The van der Waals surface area contributed by atoms with Gasteiger partial charge in [0.15, 0.2) is 11.9 Å². The first-order chi connectivity index (χ1) is 9.99. The highest BCUT2D eigenvalue weighted by Crippen LogP contribution is 2.28. The number of nitrogen functional groups attached to an aromatic ring is 1. The molecule has 0 fully saturated rings. The van der Waals surface area contributed by atoms with Gasteiger partial charge < -0.3 is 20.4 Å². The van der Waals surface area contributed by atoms with Crippen molar-refractivity contribution in [1.82, 2.24) is 0 Å². The van der Waals surface area contributed by atoms with Crippen molar-refractivity contribution in [3.8, 4) is 11.5 Å². The SMILES string of the molecule is CCOC(=O)c1cc(N)ccc1Oc1cc(Cl)c[n+]([O-])c1. The molecule has 2 aromatic rings. The lowest BCUT2D eigenvalue weighted by Gasteiger charge is -2.11. The van der Waals surface area contributed by atoms with E-state index in [1.54, 1.807) is 13.0 Å². The van der Waals surface area contributed by atoms with Crippen LogP contribution in [0.15, 0.2) is 36.7 Å².